The first-order valence-electron chi connectivity index (χ1n) is 20.1. The zero-order chi connectivity index (χ0) is 37.9. The monoisotopic (exact) mass is 741 g/mol. The summed E-state index contributed by atoms with van der Waals surface area (Å²) in [7, 11) is -6.91. The van der Waals surface area contributed by atoms with Gasteiger partial charge in [-0.05, 0) is 66.7 Å². The summed E-state index contributed by atoms with van der Waals surface area (Å²) in [5.41, 5.74) is 5.19. The van der Waals surface area contributed by atoms with Crippen LogP contribution < -0.4 is 0 Å². The zero-order valence-corrected chi connectivity index (χ0v) is 38.4. The van der Waals surface area contributed by atoms with Crippen molar-refractivity contribution in [2.45, 2.75) is 193 Å². The molecule has 0 aromatic heterocycles. The average Bonchev–Trinajstić information content (AvgIpc) is 3.01. The van der Waals surface area contributed by atoms with Gasteiger partial charge in [0.1, 0.15) is 18.0 Å². The van der Waals surface area contributed by atoms with Gasteiger partial charge in [0, 0.05) is 5.56 Å². The summed E-state index contributed by atoms with van der Waals surface area (Å²) in [6.45, 7) is 43.4. The minimum absolute atomic E-state index is 0.249. The first-order chi connectivity index (χ1) is 23.2. The van der Waals surface area contributed by atoms with E-state index >= 15 is 0 Å². The number of fused-ring (bicyclic) bond motifs is 1. The molecular weight excluding hydrogens is 665 g/mol. The van der Waals surface area contributed by atoms with Gasteiger partial charge >= 0.3 is 0 Å². The molecule has 1 heterocycles. The van der Waals surface area contributed by atoms with Crippen molar-refractivity contribution in [2.75, 3.05) is 6.61 Å². The van der Waals surface area contributed by atoms with Gasteiger partial charge in [0.25, 0.3) is 0 Å². The molecule has 0 bridgehead atoms. The molecule has 3 rings (SSSR count). The molecule has 0 saturated carbocycles. The Morgan fingerprint density at radius 3 is 1.40 bits per heavy atom. The molecule has 0 N–H and O–H groups in total. The van der Waals surface area contributed by atoms with Crippen LogP contribution in [0.2, 0.25) is 49.9 Å². The highest BCUT2D eigenvalue weighted by molar-refractivity contribution is 6.78. The Balaban J connectivity index is 2.39. The highest BCUT2D eigenvalue weighted by Crippen LogP contribution is 2.49. The molecule has 7 heteroatoms. The Bertz CT molecular complexity index is 1320. The van der Waals surface area contributed by atoms with Crippen LogP contribution in [0.15, 0.2) is 48.5 Å². The van der Waals surface area contributed by atoms with Crippen LogP contribution >= 0.6 is 0 Å². The van der Waals surface area contributed by atoms with Gasteiger partial charge in [0.2, 0.25) is 25.0 Å². The predicted molar refractivity (Wildman–Crippen MR) is 226 cm³/mol. The minimum Gasteiger partial charge on any atom is -0.485 e. The number of benzene rings is 2. The Morgan fingerprint density at radius 1 is 0.520 bits per heavy atom. The molecule has 0 unspecified atom stereocenters. The third kappa shape index (κ3) is 8.13. The molecule has 0 amide bonds. The van der Waals surface area contributed by atoms with Crippen LogP contribution in [0.4, 0.5) is 0 Å². The molecule has 4 nitrogen and oxygen atoms in total. The summed E-state index contributed by atoms with van der Waals surface area (Å²) in [6.07, 6.45) is 1.49. The van der Waals surface area contributed by atoms with Gasteiger partial charge in [-0.3, -0.25) is 0 Å². The minimum atomic E-state index is -2.36. The number of ether oxygens (including phenoxy) is 1. The molecule has 0 fully saturated rings. The maximum Gasteiger partial charge on any atom is 0.201 e. The van der Waals surface area contributed by atoms with Gasteiger partial charge in [0.15, 0.2) is 0 Å². The summed E-state index contributed by atoms with van der Waals surface area (Å²) >= 11 is 0. The maximum absolute atomic E-state index is 7.89. The highest BCUT2D eigenvalue weighted by atomic mass is 28.4. The van der Waals surface area contributed by atoms with Crippen molar-refractivity contribution in [3.63, 3.8) is 0 Å². The number of rotatable bonds is 17. The van der Waals surface area contributed by atoms with Crippen molar-refractivity contribution in [3.05, 3.63) is 54.1 Å². The molecule has 2 aromatic carbocycles. The van der Waals surface area contributed by atoms with Crippen molar-refractivity contribution in [1.29, 1.82) is 0 Å². The first kappa shape index (κ1) is 43.2. The Labute approximate surface area is 311 Å². The topological polar surface area (TPSA) is 36.9 Å². The van der Waals surface area contributed by atoms with E-state index < -0.39 is 25.0 Å². The molecule has 3 atom stereocenters. The fourth-order valence-electron chi connectivity index (χ4n) is 10.7. The van der Waals surface area contributed by atoms with E-state index in [9.17, 15) is 0 Å². The van der Waals surface area contributed by atoms with Crippen LogP contribution in [0.25, 0.3) is 16.5 Å². The van der Waals surface area contributed by atoms with Crippen LogP contribution in [0, 0.1) is 0 Å². The third-order valence-corrected chi connectivity index (χ3v) is 30.9. The SMILES string of the molecule is CC(C)[Si](OC[C@H]1OC(c2cccc3ccccc23)=C[C@@H](O[Si](C(C)C)(C(C)C)C(C)C)[C@@H]1O[Si](C(C)C)(C(C)C)C(C)C)(C(C)C)C(C)C. The fourth-order valence-corrected chi connectivity index (χ4v) is 27.2. The standard InChI is InChI=1S/C43H76O4Si3/c1-28(2)48(29(3)4,30(5)6)44-27-42-43(47-50(34(13)14,35(15)16)36(17)18)41(46-49(31(7)8,32(9)10)33(11)12)26-40(45-42)39-25-21-23-37-22-19-20-24-38(37)39/h19-26,28-36,41-43H,27H2,1-18H3/t41-,42-,43+/m1/s1. The van der Waals surface area contributed by atoms with Crippen molar-refractivity contribution in [3.8, 4) is 0 Å². The second kappa shape index (κ2) is 17.3. The molecule has 1 aliphatic rings. The lowest BCUT2D eigenvalue weighted by Crippen LogP contribution is -2.61. The smallest absolute Gasteiger partial charge is 0.201 e. The van der Waals surface area contributed by atoms with E-state index in [4.69, 9.17) is 18.0 Å². The molecule has 0 aliphatic carbocycles. The van der Waals surface area contributed by atoms with Crippen LogP contribution in [0.5, 0.6) is 0 Å². The Morgan fingerprint density at radius 2 is 0.940 bits per heavy atom. The predicted octanol–water partition coefficient (Wildman–Crippen LogP) is 13.9. The average molecular weight is 741 g/mol. The van der Waals surface area contributed by atoms with Gasteiger partial charge in [-0.25, -0.2) is 0 Å². The number of hydrogen-bond acceptors (Lipinski definition) is 4. The lowest BCUT2D eigenvalue weighted by Gasteiger charge is -2.52. The summed E-state index contributed by atoms with van der Waals surface area (Å²) < 4.78 is 30.5. The molecule has 1 aliphatic heterocycles. The highest BCUT2D eigenvalue weighted by Gasteiger charge is 2.55. The normalized spacial score (nSPS) is 19.8. The van der Waals surface area contributed by atoms with Crippen LogP contribution in [-0.4, -0.2) is 49.9 Å². The molecule has 0 spiro atoms. The van der Waals surface area contributed by atoms with Crippen LogP contribution in [0.1, 0.15) is 130 Å². The molecular formula is C43H76O4Si3. The van der Waals surface area contributed by atoms with Gasteiger partial charge in [-0.15, -0.1) is 0 Å². The second-order valence-corrected chi connectivity index (χ2v) is 34.4. The van der Waals surface area contributed by atoms with Crippen molar-refractivity contribution in [1.82, 2.24) is 0 Å². The molecule has 0 radical (unpaired) electrons. The van der Waals surface area contributed by atoms with E-state index in [1.54, 1.807) is 0 Å². The van der Waals surface area contributed by atoms with E-state index in [0.29, 0.717) is 56.5 Å². The molecule has 50 heavy (non-hydrogen) atoms. The van der Waals surface area contributed by atoms with Gasteiger partial charge < -0.3 is 18.0 Å². The first-order valence-corrected chi connectivity index (χ1v) is 26.5. The molecule has 284 valence electrons. The van der Waals surface area contributed by atoms with E-state index in [1.807, 2.05) is 0 Å². The van der Waals surface area contributed by atoms with Crippen LogP contribution in [0.3, 0.4) is 0 Å². The van der Waals surface area contributed by atoms with E-state index in [0.717, 1.165) is 11.3 Å². The van der Waals surface area contributed by atoms with Gasteiger partial charge in [-0.2, -0.15) is 0 Å². The summed E-state index contributed by atoms with van der Waals surface area (Å²) in [5, 5.41) is 2.41. The van der Waals surface area contributed by atoms with E-state index in [2.05, 4.69) is 173 Å². The van der Waals surface area contributed by atoms with E-state index in [1.165, 1.54) is 10.8 Å². The van der Waals surface area contributed by atoms with Gasteiger partial charge in [-0.1, -0.05) is 167 Å². The second-order valence-electron chi connectivity index (χ2n) is 18.1. The quantitative estimate of drug-likeness (QED) is 0.151. The van der Waals surface area contributed by atoms with Crippen molar-refractivity contribution < 1.29 is 18.0 Å². The zero-order valence-electron chi connectivity index (χ0n) is 35.4. The summed E-state index contributed by atoms with van der Waals surface area (Å²) in [6, 6.07) is 15.2. The largest absolute Gasteiger partial charge is 0.485 e. The van der Waals surface area contributed by atoms with Crippen molar-refractivity contribution in [2.24, 2.45) is 0 Å². The van der Waals surface area contributed by atoms with Gasteiger partial charge in [0.05, 0.1) is 12.7 Å². The fraction of sp³-hybridized carbons (Fsp3) is 0.721. The summed E-state index contributed by atoms with van der Waals surface area (Å²) in [5.74, 6) is 0.899. The third-order valence-electron chi connectivity index (χ3n) is 12.6. The van der Waals surface area contributed by atoms with Crippen LogP contribution in [-0.2, 0) is 18.0 Å². The molecule has 0 saturated heterocycles. The maximum atomic E-state index is 7.89. The lowest BCUT2D eigenvalue weighted by atomic mass is 9.98. The van der Waals surface area contributed by atoms with Crippen molar-refractivity contribution >= 4 is 41.5 Å². The Kier molecular flexibility index (Phi) is 14.9. The number of hydrogen-bond donors (Lipinski definition) is 0. The lowest BCUT2D eigenvalue weighted by molar-refractivity contribution is -0.0619. The Hall–Kier alpha value is -1.23. The molecule has 2 aromatic rings. The summed E-state index contributed by atoms with van der Waals surface area (Å²) in [4.78, 5) is 0. The van der Waals surface area contributed by atoms with E-state index in [-0.39, 0.29) is 18.3 Å².